The number of carbonyl (C=O) groups excluding carboxylic acids is 1. The molecule has 6 nitrogen and oxygen atoms in total. The fraction of sp³-hybridized carbons (Fsp3) is 0.462. The van der Waals surface area contributed by atoms with Gasteiger partial charge in [-0.05, 0) is 55.0 Å². The Morgan fingerprint density at radius 1 is 1.09 bits per heavy atom. The lowest BCUT2D eigenvalue weighted by Gasteiger charge is -2.39. The first-order valence-corrected chi connectivity index (χ1v) is 11.3. The molecule has 1 saturated heterocycles. The van der Waals surface area contributed by atoms with E-state index in [0.29, 0.717) is 0 Å². The van der Waals surface area contributed by atoms with E-state index in [-0.39, 0.29) is 35.3 Å². The molecule has 1 heterocycles. The van der Waals surface area contributed by atoms with Crippen molar-refractivity contribution < 1.29 is 9.53 Å². The van der Waals surface area contributed by atoms with E-state index in [1.807, 2.05) is 18.2 Å². The summed E-state index contributed by atoms with van der Waals surface area (Å²) in [4.78, 5) is 18.2. The molecular weight excluding hydrogens is 527 g/mol. The molecule has 0 spiro atoms. The largest absolute Gasteiger partial charge is 0.381 e. The second-order valence-electron chi connectivity index (χ2n) is 8.71. The normalized spacial score (nSPS) is 15.3. The first-order valence-electron chi connectivity index (χ1n) is 11.3. The maximum absolute atomic E-state index is 12.2. The minimum atomic E-state index is 0. The Hall–Kier alpha value is -2.13. The Morgan fingerprint density at radius 3 is 2.48 bits per heavy atom. The van der Waals surface area contributed by atoms with Gasteiger partial charge < -0.3 is 20.3 Å². The van der Waals surface area contributed by atoms with Crippen molar-refractivity contribution in [1.82, 2.24) is 15.5 Å². The highest BCUT2D eigenvalue weighted by atomic mass is 127. The van der Waals surface area contributed by atoms with Crippen molar-refractivity contribution in [3.63, 3.8) is 0 Å². The average Bonchev–Trinajstić information content (AvgIpc) is 2.81. The smallest absolute Gasteiger partial charge is 0.253 e. The van der Waals surface area contributed by atoms with Crippen molar-refractivity contribution >= 4 is 35.8 Å². The van der Waals surface area contributed by atoms with E-state index in [1.165, 1.54) is 11.1 Å². The van der Waals surface area contributed by atoms with Gasteiger partial charge in [0.2, 0.25) is 0 Å². The zero-order valence-electron chi connectivity index (χ0n) is 20.2. The van der Waals surface area contributed by atoms with Crippen molar-refractivity contribution in [3.8, 4) is 0 Å². The number of nitrogens with zero attached hydrogens (tertiary/aromatic N) is 2. The minimum Gasteiger partial charge on any atom is -0.381 e. The predicted molar refractivity (Wildman–Crippen MR) is 146 cm³/mol. The summed E-state index contributed by atoms with van der Waals surface area (Å²) in [6, 6.07) is 16.5. The van der Waals surface area contributed by atoms with Gasteiger partial charge in [-0.25, -0.2) is 0 Å². The number of carbonyl (C=O) groups is 1. The maximum atomic E-state index is 12.2. The summed E-state index contributed by atoms with van der Waals surface area (Å²) in [7, 11) is 5.35. The van der Waals surface area contributed by atoms with Crippen LogP contribution >= 0.6 is 24.0 Å². The van der Waals surface area contributed by atoms with Crippen molar-refractivity contribution in [2.24, 2.45) is 4.99 Å². The second-order valence-corrected chi connectivity index (χ2v) is 8.71. The molecule has 33 heavy (non-hydrogen) atoms. The molecule has 1 aliphatic heterocycles. The number of aryl methyl sites for hydroxylation is 1. The van der Waals surface area contributed by atoms with Crippen LogP contribution in [0.1, 0.15) is 39.9 Å². The van der Waals surface area contributed by atoms with Crippen LogP contribution in [0.25, 0.3) is 0 Å². The van der Waals surface area contributed by atoms with Crippen LogP contribution < -0.4 is 10.6 Å². The average molecular weight is 565 g/mol. The first-order chi connectivity index (χ1) is 15.4. The second kappa shape index (κ2) is 12.9. The number of guanidine groups is 1. The Labute approximate surface area is 215 Å². The molecule has 1 fully saturated rings. The van der Waals surface area contributed by atoms with Gasteiger partial charge in [0.1, 0.15) is 0 Å². The lowest BCUT2D eigenvalue weighted by Crippen LogP contribution is -2.48. The molecule has 2 aromatic rings. The number of ether oxygens (including phenoxy) is 1. The van der Waals surface area contributed by atoms with Gasteiger partial charge in [-0.15, -0.1) is 24.0 Å². The third-order valence-electron chi connectivity index (χ3n) is 6.27. The number of benzene rings is 2. The van der Waals surface area contributed by atoms with Crippen molar-refractivity contribution in [2.75, 3.05) is 47.4 Å². The summed E-state index contributed by atoms with van der Waals surface area (Å²) in [6.07, 6.45) is 2.80. The molecule has 0 saturated carbocycles. The Morgan fingerprint density at radius 2 is 1.82 bits per heavy atom. The third-order valence-corrected chi connectivity index (χ3v) is 6.27. The Bertz CT molecular complexity index is 939. The highest BCUT2D eigenvalue weighted by Crippen LogP contribution is 2.36. The molecule has 0 unspecified atom stereocenters. The summed E-state index contributed by atoms with van der Waals surface area (Å²) in [5.74, 6) is 0.820. The molecule has 7 heteroatoms. The van der Waals surface area contributed by atoms with Crippen LogP contribution in [0, 0.1) is 6.92 Å². The van der Waals surface area contributed by atoms with Gasteiger partial charge >= 0.3 is 0 Å². The standard InChI is InChI=1S/C26H36N4O2.HI/c1-20-8-5-6-11-23(20)26(13-16-32-17-14-26)19-29-25(27-2)28-15-12-21-9-7-10-22(18-21)24(31)30(3)4;/h5-11,18H,12-17,19H2,1-4H3,(H2,27,28,29);1H. The van der Waals surface area contributed by atoms with Crippen LogP contribution in [0.5, 0.6) is 0 Å². The van der Waals surface area contributed by atoms with Crippen molar-refractivity contribution in [3.05, 3.63) is 70.8 Å². The summed E-state index contributed by atoms with van der Waals surface area (Å²) in [5.41, 5.74) is 4.61. The van der Waals surface area contributed by atoms with E-state index in [9.17, 15) is 4.79 Å². The molecule has 2 N–H and O–H groups in total. The van der Waals surface area contributed by atoms with Gasteiger partial charge in [0, 0.05) is 58.4 Å². The highest BCUT2D eigenvalue weighted by molar-refractivity contribution is 14.0. The number of hydrogen-bond acceptors (Lipinski definition) is 3. The van der Waals surface area contributed by atoms with E-state index in [1.54, 1.807) is 26.0 Å². The van der Waals surface area contributed by atoms with Crippen LogP contribution in [0.3, 0.4) is 0 Å². The molecule has 0 bridgehead atoms. The molecule has 3 rings (SSSR count). The first kappa shape index (κ1) is 27.1. The summed E-state index contributed by atoms with van der Waals surface area (Å²) in [6.45, 7) is 5.30. The van der Waals surface area contributed by atoms with Gasteiger partial charge in [-0.3, -0.25) is 9.79 Å². The molecule has 180 valence electrons. The van der Waals surface area contributed by atoms with E-state index in [0.717, 1.165) is 62.7 Å². The molecular formula is C26H37IN4O2. The van der Waals surface area contributed by atoms with E-state index < -0.39 is 0 Å². The lowest BCUT2D eigenvalue weighted by molar-refractivity contribution is 0.0512. The summed E-state index contributed by atoms with van der Waals surface area (Å²) in [5, 5.41) is 6.98. The number of hydrogen-bond donors (Lipinski definition) is 2. The fourth-order valence-corrected chi connectivity index (χ4v) is 4.39. The molecule has 1 aliphatic rings. The highest BCUT2D eigenvalue weighted by Gasteiger charge is 2.35. The van der Waals surface area contributed by atoms with Gasteiger partial charge in [-0.2, -0.15) is 0 Å². The van der Waals surface area contributed by atoms with Gasteiger partial charge in [0.15, 0.2) is 5.96 Å². The van der Waals surface area contributed by atoms with Crippen LogP contribution in [0.15, 0.2) is 53.5 Å². The SMILES string of the molecule is CN=C(NCCc1cccc(C(=O)N(C)C)c1)NCC1(c2ccccc2C)CCOCC1.I. The van der Waals surface area contributed by atoms with Crippen LogP contribution in [0.4, 0.5) is 0 Å². The van der Waals surface area contributed by atoms with Crippen LogP contribution in [-0.4, -0.2) is 64.2 Å². The van der Waals surface area contributed by atoms with Gasteiger partial charge in [-0.1, -0.05) is 36.4 Å². The van der Waals surface area contributed by atoms with E-state index >= 15 is 0 Å². The van der Waals surface area contributed by atoms with Gasteiger partial charge in [0.25, 0.3) is 5.91 Å². The summed E-state index contributed by atoms with van der Waals surface area (Å²) >= 11 is 0. The van der Waals surface area contributed by atoms with Crippen LogP contribution in [-0.2, 0) is 16.6 Å². The molecule has 0 radical (unpaired) electrons. The Balaban J connectivity index is 0.00000385. The number of halogens is 1. The maximum Gasteiger partial charge on any atom is 0.253 e. The quantitative estimate of drug-likeness (QED) is 0.306. The zero-order chi connectivity index (χ0) is 23.0. The predicted octanol–water partition coefficient (Wildman–Crippen LogP) is 3.77. The third kappa shape index (κ3) is 7.17. The van der Waals surface area contributed by atoms with E-state index in [4.69, 9.17) is 4.74 Å². The van der Waals surface area contributed by atoms with Crippen LogP contribution in [0.2, 0.25) is 0 Å². The van der Waals surface area contributed by atoms with Crippen molar-refractivity contribution in [2.45, 2.75) is 31.6 Å². The minimum absolute atomic E-state index is 0. The molecule has 0 aliphatic carbocycles. The van der Waals surface area contributed by atoms with E-state index in [2.05, 4.69) is 52.9 Å². The number of aliphatic imine (C=N–C) groups is 1. The molecule has 2 aromatic carbocycles. The number of rotatable bonds is 7. The topological polar surface area (TPSA) is 66.0 Å². The lowest BCUT2D eigenvalue weighted by atomic mass is 9.72. The zero-order valence-corrected chi connectivity index (χ0v) is 22.5. The fourth-order valence-electron chi connectivity index (χ4n) is 4.39. The monoisotopic (exact) mass is 564 g/mol. The number of nitrogens with one attached hydrogen (secondary N) is 2. The van der Waals surface area contributed by atoms with Gasteiger partial charge in [0.05, 0.1) is 0 Å². The molecule has 0 aromatic heterocycles. The number of amides is 1. The molecule has 0 atom stereocenters. The summed E-state index contributed by atoms with van der Waals surface area (Å²) < 4.78 is 5.67. The van der Waals surface area contributed by atoms with Crippen molar-refractivity contribution in [1.29, 1.82) is 0 Å². The Kier molecular flexibility index (Phi) is 10.6. The molecule has 1 amide bonds.